The summed E-state index contributed by atoms with van der Waals surface area (Å²) in [6.45, 7) is 0.0941. The molecule has 2 aromatic heterocycles. The van der Waals surface area contributed by atoms with Gasteiger partial charge in [0.05, 0.1) is 5.56 Å². The number of halogens is 1. The standard InChI is InChI=1S/C22H16BFN4O3S/c23-27-28-11-17(22-26-25-19(32-22)10-14-6-8-16(24)9-7-14)20(30)21(18(28)12-29)31-13-15-4-2-1-3-5-15/h1-9,11-12,27H,10,13H2. The van der Waals surface area contributed by atoms with Crippen molar-refractivity contribution in [1.29, 1.82) is 0 Å². The van der Waals surface area contributed by atoms with Crippen LogP contribution < -0.4 is 15.5 Å². The first kappa shape index (κ1) is 21.4. The number of benzene rings is 2. The second-order valence-corrected chi connectivity index (χ2v) is 7.84. The van der Waals surface area contributed by atoms with Gasteiger partial charge < -0.3 is 10.1 Å². The maximum absolute atomic E-state index is 13.2. The number of aldehydes is 1. The lowest BCUT2D eigenvalue weighted by molar-refractivity contribution is 0.111. The van der Waals surface area contributed by atoms with Gasteiger partial charge in [0.2, 0.25) is 13.4 Å². The number of carbonyl (C=O) groups is 1. The van der Waals surface area contributed by atoms with Gasteiger partial charge >= 0.3 is 0 Å². The molecule has 4 aromatic rings. The molecule has 2 heterocycles. The van der Waals surface area contributed by atoms with E-state index in [1.165, 1.54) is 34.3 Å². The average Bonchev–Trinajstić information content (AvgIpc) is 3.28. The van der Waals surface area contributed by atoms with E-state index in [0.29, 0.717) is 22.7 Å². The summed E-state index contributed by atoms with van der Waals surface area (Å²) < 4.78 is 20.0. The van der Waals surface area contributed by atoms with Gasteiger partial charge in [0.25, 0.3) is 0 Å². The van der Waals surface area contributed by atoms with Crippen LogP contribution >= 0.6 is 11.3 Å². The highest BCUT2D eigenvalue weighted by atomic mass is 32.1. The smallest absolute Gasteiger partial charge is 0.249 e. The van der Waals surface area contributed by atoms with Crippen molar-refractivity contribution < 1.29 is 13.9 Å². The van der Waals surface area contributed by atoms with Crippen LogP contribution in [0.5, 0.6) is 5.75 Å². The molecule has 0 spiro atoms. The number of hydrogen-bond acceptors (Lipinski definition) is 7. The summed E-state index contributed by atoms with van der Waals surface area (Å²) in [7, 11) is 5.55. The van der Waals surface area contributed by atoms with E-state index in [4.69, 9.17) is 12.7 Å². The van der Waals surface area contributed by atoms with Gasteiger partial charge in [-0.1, -0.05) is 53.8 Å². The highest BCUT2D eigenvalue weighted by molar-refractivity contribution is 7.14. The molecular weight excluding hydrogens is 430 g/mol. The number of hydrogen-bond donors (Lipinski definition) is 1. The van der Waals surface area contributed by atoms with Gasteiger partial charge in [0.15, 0.2) is 17.0 Å². The minimum absolute atomic E-state index is 0.0479. The zero-order chi connectivity index (χ0) is 22.5. The first-order chi connectivity index (χ1) is 15.6. The second-order valence-electron chi connectivity index (χ2n) is 6.78. The molecule has 7 nitrogen and oxygen atoms in total. The van der Waals surface area contributed by atoms with E-state index < -0.39 is 5.43 Å². The highest BCUT2D eigenvalue weighted by Crippen LogP contribution is 2.25. The zero-order valence-corrected chi connectivity index (χ0v) is 17.5. The van der Waals surface area contributed by atoms with Crippen LogP contribution in [0.15, 0.2) is 65.6 Å². The normalized spacial score (nSPS) is 10.7. The predicted octanol–water partition coefficient (Wildman–Crippen LogP) is 3.12. The van der Waals surface area contributed by atoms with Crippen LogP contribution in [-0.4, -0.2) is 29.1 Å². The summed E-state index contributed by atoms with van der Waals surface area (Å²) >= 11 is 1.21. The van der Waals surface area contributed by atoms with Crippen LogP contribution in [0.3, 0.4) is 0 Å². The van der Waals surface area contributed by atoms with E-state index in [9.17, 15) is 14.0 Å². The summed E-state index contributed by atoms with van der Waals surface area (Å²) in [4.78, 5) is 24.8. The minimum Gasteiger partial charge on any atom is -0.483 e. The van der Waals surface area contributed by atoms with Crippen LogP contribution in [-0.2, 0) is 13.0 Å². The fourth-order valence-corrected chi connectivity index (χ4v) is 3.94. The monoisotopic (exact) mass is 446 g/mol. The van der Waals surface area contributed by atoms with E-state index in [-0.39, 0.29) is 29.4 Å². The second kappa shape index (κ2) is 9.57. The van der Waals surface area contributed by atoms with Crippen LogP contribution in [0, 0.1) is 5.82 Å². The molecule has 0 atom stereocenters. The van der Waals surface area contributed by atoms with Crippen molar-refractivity contribution in [3.63, 3.8) is 0 Å². The third-order valence-corrected chi connectivity index (χ3v) is 5.60. The zero-order valence-electron chi connectivity index (χ0n) is 16.7. The van der Waals surface area contributed by atoms with Gasteiger partial charge in [-0.3, -0.25) is 14.3 Å². The molecule has 1 N–H and O–H groups in total. The predicted molar refractivity (Wildman–Crippen MR) is 120 cm³/mol. The van der Waals surface area contributed by atoms with Crippen molar-refractivity contribution in [2.24, 2.45) is 0 Å². The molecule has 0 aliphatic rings. The Kier molecular flexibility index (Phi) is 6.41. The van der Waals surface area contributed by atoms with E-state index >= 15 is 0 Å². The number of aromatic nitrogens is 3. The number of nitrogens with zero attached hydrogens (tertiary/aromatic N) is 3. The van der Waals surface area contributed by atoms with Gasteiger partial charge in [0.1, 0.15) is 23.1 Å². The van der Waals surface area contributed by atoms with Crippen LogP contribution in [0.4, 0.5) is 4.39 Å². The average molecular weight is 446 g/mol. The Bertz CT molecular complexity index is 1290. The van der Waals surface area contributed by atoms with Crippen LogP contribution in [0.1, 0.15) is 26.6 Å². The van der Waals surface area contributed by atoms with Crippen molar-refractivity contribution in [2.75, 3.05) is 5.34 Å². The fraction of sp³-hybridized carbons (Fsp3) is 0.0909. The first-order valence-electron chi connectivity index (χ1n) is 9.54. The van der Waals surface area contributed by atoms with Gasteiger partial charge in [-0.2, -0.15) is 0 Å². The van der Waals surface area contributed by atoms with E-state index in [1.807, 2.05) is 30.3 Å². The summed E-state index contributed by atoms with van der Waals surface area (Å²) in [5.74, 6) is -0.463. The van der Waals surface area contributed by atoms with E-state index in [1.54, 1.807) is 12.1 Å². The Morgan fingerprint density at radius 2 is 1.84 bits per heavy atom. The van der Waals surface area contributed by atoms with Gasteiger partial charge in [-0.25, -0.2) is 4.39 Å². The van der Waals surface area contributed by atoms with Crippen molar-refractivity contribution in [3.8, 4) is 16.3 Å². The number of carbonyl (C=O) groups excluding carboxylic acids is 1. The molecule has 0 saturated heterocycles. The topological polar surface area (TPSA) is 86.1 Å². The molecule has 2 aromatic carbocycles. The van der Waals surface area contributed by atoms with E-state index in [0.717, 1.165) is 11.1 Å². The maximum Gasteiger partial charge on any atom is 0.249 e. The van der Waals surface area contributed by atoms with Crippen molar-refractivity contribution in [2.45, 2.75) is 13.0 Å². The Labute approximate surface area is 187 Å². The number of pyridine rings is 1. The lowest BCUT2D eigenvalue weighted by atomic mass is 10.2. The lowest BCUT2D eigenvalue weighted by Crippen LogP contribution is -2.23. The number of rotatable bonds is 8. The summed E-state index contributed by atoms with van der Waals surface area (Å²) in [5, 5.41) is 11.6. The summed E-state index contributed by atoms with van der Waals surface area (Å²) in [6.07, 6.45) is 2.31. The Morgan fingerprint density at radius 3 is 2.53 bits per heavy atom. The number of ether oxygens (including phenoxy) is 1. The SMILES string of the molecule is [B]Nn1cc(-c2nnc(Cc3ccc(F)cc3)s2)c(=O)c(OCc2ccccc2)c1C=O. The lowest BCUT2D eigenvalue weighted by Gasteiger charge is -2.15. The molecule has 0 fully saturated rings. The van der Waals surface area contributed by atoms with Crippen molar-refractivity contribution >= 4 is 25.6 Å². The third-order valence-electron chi connectivity index (χ3n) is 4.64. The summed E-state index contributed by atoms with van der Waals surface area (Å²) in [5.41, 5.74) is 1.32. The van der Waals surface area contributed by atoms with Crippen LogP contribution in [0.2, 0.25) is 0 Å². The van der Waals surface area contributed by atoms with Crippen LogP contribution in [0.25, 0.3) is 10.6 Å². The quantitative estimate of drug-likeness (QED) is 0.331. The van der Waals surface area contributed by atoms with Gasteiger partial charge in [-0.05, 0) is 23.3 Å². The third kappa shape index (κ3) is 4.60. The molecular formula is C22H16BFN4O3S. The molecule has 0 saturated carbocycles. The largest absolute Gasteiger partial charge is 0.483 e. The molecule has 2 radical (unpaired) electrons. The molecule has 0 amide bonds. The van der Waals surface area contributed by atoms with Gasteiger partial charge in [-0.15, -0.1) is 10.2 Å². The molecule has 10 heteroatoms. The summed E-state index contributed by atoms with van der Waals surface area (Å²) in [6, 6.07) is 15.3. The molecule has 0 aliphatic heterocycles. The fourth-order valence-electron chi connectivity index (χ4n) is 3.05. The Morgan fingerprint density at radius 1 is 1.09 bits per heavy atom. The van der Waals surface area contributed by atoms with E-state index in [2.05, 4.69) is 15.5 Å². The van der Waals surface area contributed by atoms with Crippen molar-refractivity contribution in [3.05, 3.63) is 98.7 Å². The first-order valence-corrected chi connectivity index (χ1v) is 10.4. The maximum atomic E-state index is 13.2. The Balaban J connectivity index is 1.68. The molecule has 32 heavy (non-hydrogen) atoms. The molecule has 0 bridgehead atoms. The molecule has 0 unspecified atom stereocenters. The molecule has 4 rings (SSSR count). The highest BCUT2D eigenvalue weighted by Gasteiger charge is 2.20. The number of nitrogens with one attached hydrogen (secondary N) is 1. The van der Waals surface area contributed by atoms with Crippen molar-refractivity contribution in [1.82, 2.24) is 14.9 Å². The minimum atomic E-state index is -0.501. The molecule has 158 valence electrons. The Hall–Kier alpha value is -3.79. The molecule has 0 aliphatic carbocycles. The van der Waals surface area contributed by atoms with Gasteiger partial charge in [0, 0.05) is 12.6 Å².